The van der Waals surface area contributed by atoms with Crippen LogP contribution in [0.5, 0.6) is 0 Å². The van der Waals surface area contributed by atoms with Crippen molar-refractivity contribution < 1.29 is 13.2 Å². The van der Waals surface area contributed by atoms with Crippen molar-refractivity contribution in [3.8, 4) is 0 Å². The van der Waals surface area contributed by atoms with Gasteiger partial charge in [-0.25, -0.2) is 8.42 Å². The molecule has 2 rings (SSSR count). The van der Waals surface area contributed by atoms with Crippen LogP contribution in [0.25, 0.3) is 0 Å². The quantitative estimate of drug-likeness (QED) is 0.889. The minimum absolute atomic E-state index is 0.155. The number of benzene rings is 1. The van der Waals surface area contributed by atoms with Gasteiger partial charge in [-0.2, -0.15) is 0 Å². The maximum Gasteiger partial charge on any atom is 0.235 e. The van der Waals surface area contributed by atoms with Crippen molar-refractivity contribution in [1.82, 2.24) is 0 Å². The van der Waals surface area contributed by atoms with Gasteiger partial charge in [0.15, 0.2) is 0 Å². The van der Waals surface area contributed by atoms with Crippen LogP contribution in [0.4, 0.5) is 11.4 Å². The molecule has 100 valence electrons. The summed E-state index contributed by atoms with van der Waals surface area (Å²) in [5.74, 6) is 0.155. The molecular weight excluding hydrogens is 252 g/mol. The number of ether oxygens (including phenoxy) is 1. The predicted octanol–water partition coefficient (Wildman–Crippen LogP) is 1.07. The molecule has 1 aromatic rings. The van der Waals surface area contributed by atoms with Crippen LogP contribution < -0.4 is 9.62 Å². The standard InChI is InChI=1S/C12H18N2O3S/c1-13-11-4-3-5-12-10(11)6-9-18(15,16)14(12)7-8-17-2/h3-5,13H,6-9H2,1-2H3. The lowest BCUT2D eigenvalue weighted by molar-refractivity contribution is 0.208. The fourth-order valence-corrected chi connectivity index (χ4v) is 3.74. The van der Waals surface area contributed by atoms with E-state index in [9.17, 15) is 8.42 Å². The summed E-state index contributed by atoms with van der Waals surface area (Å²) in [4.78, 5) is 0. The van der Waals surface area contributed by atoms with E-state index in [4.69, 9.17) is 4.74 Å². The molecule has 5 nitrogen and oxygen atoms in total. The van der Waals surface area contributed by atoms with Gasteiger partial charge in [-0.15, -0.1) is 0 Å². The molecule has 0 spiro atoms. The Balaban J connectivity index is 2.45. The highest BCUT2D eigenvalue weighted by atomic mass is 32.2. The molecule has 1 N–H and O–H groups in total. The smallest absolute Gasteiger partial charge is 0.235 e. The summed E-state index contributed by atoms with van der Waals surface area (Å²) < 4.78 is 30.6. The van der Waals surface area contributed by atoms with Gasteiger partial charge in [0.25, 0.3) is 0 Å². The first-order valence-corrected chi connectivity index (χ1v) is 7.50. The van der Waals surface area contributed by atoms with Gasteiger partial charge >= 0.3 is 0 Å². The van der Waals surface area contributed by atoms with E-state index in [1.54, 1.807) is 7.11 Å². The molecule has 0 aromatic heterocycles. The van der Waals surface area contributed by atoms with E-state index in [1.807, 2.05) is 25.2 Å². The first kappa shape index (κ1) is 13.2. The van der Waals surface area contributed by atoms with Crippen LogP contribution in [0, 0.1) is 0 Å². The molecular formula is C12H18N2O3S. The van der Waals surface area contributed by atoms with Crippen molar-refractivity contribution in [2.75, 3.05) is 42.7 Å². The average molecular weight is 270 g/mol. The largest absolute Gasteiger partial charge is 0.388 e. The third kappa shape index (κ3) is 2.30. The molecule has 0 saturated carbocycles. The Hall–Kier alpha value is -1.27. The summed E-state index contributed by atoms with van der Waals surface area (Å²) in [5, 5.41) is 3.11. The topological polar surface area (TPSA) is 58.6 Å². The molecule has 0 radical (unpaired) electrons. The number of nitrogens with one attached hydrogen (secondary N) is 1. The van der Waals surface area contributed by atoms with Gasteiger partial charge in [-0.3, -0.25) is 4.31 Å². The average Bonchev–Trinajstić information content (AvgIpc) is 2.36. The Bertz CT molecular complexity index is 528. The van der Waals surface area contributed by atoms with Crippen LogP contribution in [-0.2, 0) is 21.2 Å². The first-order chi connectivity index (χ1) is 8.60. The van der Waals surface area contributed by atoms with Gasteiger partial charge in [0.1, 0.15) is 0 Å². The summed E-state index contributed by atoms with van der Waals surface area (Å²) in [5.41, 5.74) is 2.82. The van der Waals surface area contributed by atoms with Gasteiger partial charge in [0.2, 0.25) is 10.0 Å². The molecule has 1 heterocycles. The zero-order valence-corrected chi connectivity index (χ0v) is 11.5. The predicted molar refractivity (Wildman–Crippen MR) is 72.7 cm³/mol. The second kappa shape index (κ2) is 5.16. The maximum atomic E-state index is 12.1. The molecule has 0 unspecified atom stereocenters. The Morgan fingerprint density at radius 1 is 1.44 bits per heavy atom. The number of rotatable bonds is 4. The Kier molecular flexibility index (Phi) is 3.77. The van der Waals surface area contributed by atoms with E-state index in [1.165, 1.54) is 4.31 Å². The Morgan fingerprint density at radius 3 is 2.89 bits per heavy atom. The number of anilines is 2. The highest BCUT2D eigenvalue weighted by Gasteiger charge is 2.30. The van der Waals surface area contributed by atoms with E-state index >= 15 is 0 Å². The minimum atomic E-state index is -3.21. The van der Waals surface area contributed by atoms with Gasteiger partial charge in [-0.1, -0.05) is 6.07 Å². The summed E-state index contributed by atoms with van der Waals surface area (Å²) in [7, 11) is 0.208. The van der Waals surface area contributed by atoms with Crippen LogP contribution >= 0.6 is 0 Å². The monoisotopic (exact) mass is 270 g/mol. The fourth-order valence-electron chi connectivity index (χ4n) is 2.23. The summed E-state index contributed by atoms with van der Waals surface area (Å²) >= 11 is 0. The van der Waals surface area contributed by atoms with Crippen LogP contribution in [-0.4, -0.2) is 41.5 Å². The molecule has 0 saturated heterocycles. The summed E-state index contributed by atoms with van der Waals surface area (Å²) in [6.45, 7) is 0.751. The van der Waals surface area contributed by atoms with E-state index < -0.39 is 10.0 Å². The highest BCUT2D eigenvalue weighted by molar-refractivity contribution is 7.92. The first-order valence-electron chi connectivity index (χ1n) is 5.89. The molecule has 6 heteroatoms. The zero-order valence-electron chi connectivity index (χ0n) is 10.6. The van der Waals surface area contributed by atoms with Crippen molar-refractivity contribution in [1.29, 1.82) is 0 Å². The van der Waals surface area contributed by atoms with Crippen LogP contribution in [0.3, 0.4) is 0 Å². The van der Waals surface area contributed by atoms with Crippen LogP contribution in [0.2, 0.25) is 0 Å². The third-order valence-corrected chi connectivity index (χ3v) is 4.90. The summed E-state index contributed by atoms with van der Waals surface area (Å²) in [6.07, 6.45) is 0.554. The lowest BCUT2D eigenvalue weighted by Gasteiger charge is -2.31. The van der Waals surface area contributed by atoms with Crippen molar-refractivity contribution in [3.05, 3.63) is 23.8 Å². The van der Waals surface area contributed by atoms with E-state index in [-0.39, 0.29) is 5.75 Å². The number of hydrogen-bond donors (Lipinski definition) is 1. The SMILES string of the molecule is CNc1cccc2c1CCS(=O)(=O)N2CCOC. The molecule has 1 aliphatic heterocycles. The number of nitrogens with zero attached hydrogens (tertiary/aromatic N) is 1. The third-order valence-electron chi connectivity index (χ3n) is 3.13. The van der Waals surface area contributed by atoms with E-state index in [0.717, 1.165) is 16.9 Å². The van der Waals surface area contributed by atoms with Crippen molar-refractivity contribution in [2.24, 2.45) is 0 Å². The normalized spacial score (nSPS) is 17.3. The van der Waals surface area contributed by atoms with Gasteiger partial charge in [0, 0.05) is 25.4 Å². The fraction of sp³-hybridized carbons (Fsp3) is 0.500. The molecule has 0 fully saturated rings. The van der Waals surface area contributed by atoms with Crippen molar-refractivity contribution in [3.63, 3.8) is 0 Å². The van der Waals surface area contributed by atoms with Crippen molar-refractivity contribution >= 4 is 21.4 Å². The second-order valence-corrected chi connectivity index (χ2v) is 6.20. The minimum Gasteiger partial charge on any atom is -0.388 e. The molecule has 0 aliphatic carbocycles. The van der Waals surface area contributed by atoms with Crippen LogP contribution in [0.1, 0.15) is 5.56 Å². The molecule has 1 aromatic carbocycles. The number of sulfonamides is 1. The maximum absolute atomic E-state index is 12.1. The van der Waals surface area contributed by atoms with E-state index in [2.05, 4.69) is 5.32 Å². The number of methoxy groups -OCH3 is 1. The van der Waals surface area contributed by atoms with E-state index in [0.29, 0.717) is 19.6 Å². The van der Waals surface area contributed by atoms with Crippen molar-refractivity contribution in [2.45, 2.75) is 6.42 Å². The van der Waals surface area contributed by atoms with Gasteiger partial charge in [0.05, 0.1) is 24.6 Å². The second-order valence-electron chi connectivity index (χ2n) is 4.18. The summed E-state index contributed by atoms with van der Waals surface area (Å²) in [6, 6.07) is 5.68. The molecule has 0 amide bonds. The van der Waals surface area contributed by atoms with Crippen LogP contribution in [0.15, 0.2) is 18.2 Å². The molecule has 0 atom stereocenters. The lowest BCUT2D eigenvalue weighted by Crippen LogP contribution is -2.40. The van der Waals surface area contributed by atoms with Gasteiger partial charge in [-0.05, 0) is 18.6 Å². The molecule has 18 heavy (non-hydrogen) atoms. The molecule has 1 aliphatic rings. The van der Waals surface area contributed by atoms with Gasteiger partial charge < -0.3 is 10.1 Å². The zero-order chi connectivity index (χ0) is 13.2. The Morgan fingerprint density at radius 2 is 2.22 bits per heavy atom. The lowest BCUT2D eigenvalue weighted by atomic mass is 10.1. The Labute approximate surface area is 108 Å². The highest BCUT2D eigenvalue weighted by Crippen LogP contribution is 2.33. The number of fused-ring (bicyclic) bond motifs is 1. The molecule has 0 bridgehead atoms. The number of hydrogen-bond acceptors (Lipinski definition) is 4.